The van der Waals surface area contributed by atoms with Crippen molar-refractivity contribution in [1.29, 1.82) is 0 Å². The third kappa shape index (κ3) is 2.21. The van der Waals surface area contributed by atoms with Crippen molar-refractivity contribution in [3.05, 3.63) is 104 Å². The topological polar surface area (TPSA) is 70.9 Å². The van der Waals surface area contributed by atoms with Crippen molar-refractivity contribution >= 4 is 49.3 Å². The van der Waals surface area contributed by atoms with Crippen LogP contribution in [0.4, 0.5) is 0 Å². The van der Waals surface area contributed by atoms with E-state index in [1.54, 1.807) is 30.5 Å². The molecule has 30 heavy (non-hydrogen) atoms. The largest absolute Gasteiger partial charge is 0.373 e. The Morgan fingerprint density at radius 2 is 1.87 bits per heavy atom. The average molecular weight is 479 g/mol. The molecule has 5 nitrogen and oxygen atoms in total. The Morgan fingerprint density at radius 3 is 2.73 bits per heavy atom. The van der Waals surface area contributed by atoms with Crippen molar-refractivity contribution in [2.75, 3.05) is 0 Å². The molecule has 0 fully saturated rings. The first-order valence-electron chi connectivity index (χ1n) is 9.30. The molecular weight excluding hydrogens is 466 g/mol. The number of para-hydroxylation sites is 1. The molecule has 0 saturated carbocycles. The minimum atomic E-state index is -1.63. The predicted octanol–water partition coefficient (Wildman–Crippen LogP) is 4.88. The van der Waals surface area contributed by atoms with Gasteiger partial charge in [-0.2, -0.15) is 0 Å². The average Bonchev–Trinajstić information content (AvgIpc) is 3.26. The highest BCUT2D eigenvalue weighted by Gasteiger charge is 2.47. The van der Waals surface area contributed by atoms with E-state index in [-0.39, 0.29) is 11.4 Å². The smallest absolute Gasteiger partial charge is 0.266 e. The zero-order chi connectivity index (χ0) is 20.6. The molecule has 0 spiro atoms. The number of halogens is 2. The van der Waals surface area contributed by atoms with Gasteiger partial charge in [0.25, 0.3) is 5.56 Å². The predicted molar refractivity (Wildman–Crippen MR) is 120 cm³/mol. The Kier molecular flexibility index (Phi) is 3.60. The molecule has 146 valence electrons. The number of hydrogen-bond donors (Lipinski definition) is 2. The molecule has 0 radical (unpaired) electrons. The van der Waals surface area contributed by atoms with Crippen molar-refractivity contribution in [2.24, 2.45) is 0 Å². The van der Waals surface area contributed by atoms with Gasteiger partial charge in [0.2, 0.25) is 0 Å². The Labute approximate surface area is 183 Å². The summed E-state index contributed by atoms with van der Waals surface area (Å²) in [5.74, 6) is 0.264. The van der Waals surface area contributed by atoms with E-state index in [1.165, 1.54) is 4.57 Å². The van der Waals surface area contributed by atoms with Gasteiger partial charge in [0.1, 0.15) is 0 Å². The van der Waals surface area contributed by atoms with Crippen LogP contribution >= 0.6 is 27.5 Å². The van der Waals surface area contributed by atoms with Gasteiger partial charge in [0.15, 0.2) is 11.4 Å². The summed E-state index contributed by atoms with van der Waals surface area (Å²) >= 11 is 9.76. The summed E-state index contributed by atoms with van der Waals surface area (Å²) in [6.45, 7) is 0. The highest BCUT2D eigenvalue weighted by Crippen LogP contribution is 2.47. The normalized spacial score (nSPS) is 17.4. The van der Waals surface area contributed by atoms with Crippen molar-refractivity contribution in [2.45, 2.75) is 5.60 Å². The van der Waals surface area contributed by atoms with Crippen LogP contribution in [0.2, 0.25) is 5.02 Å². The summed E-state index contributed by atoms with van der Waals surface area (Å²) in [7, 11) is 0. The van der Waals surface area contributed by atoms with Crippen LogP contribution in [-0.2, 0) is 5.60 Å². The molecule has 1 aliphatic rings. The van der Waals surface area contributed by atoms with Crippen molar-refractivity contribution in [1.82, 2.24) is 14.5 Å². The lowest BCUT2D eigenvalue weighted by molar-refractivity contribution is 0.123. The molecule has 0 bridgehead atoms. The number of aliphatic hydroxyl groups is 1. The van der Waals surface area contributed by atoms with E-state index >= 15 is 0 Å². The molecule has 2 aromatic heterocycles. The van der Waals surface area contributed by atoms with Crippen LogP contribution < -0.4 is 5.56 Å². The quantitative estimate of drug-likeness (QED) is 0.361. The van der Waals surface area contributed by atoms with Gasteiger partial charge in [-0.25, -0.2) is 4.98 Å². The number of fused-ring (bicyclic) bond motifs is 5. The maximum atomic E-state index is 13.4. The Bertz CT molecular complexity index is 1570. The number of rotatable bonds is 1. The second-order valence-electron chi connectivity index (χ2n) is 7.36. The highest BCUT2D eigenvalue weighted by atomic mass is 79.9. The van der Waals surface area contributed by atoms with E-state index in [0.717, 1.165) is 15.4 Å². The molecule has 2 N–H and O–H groups in total. The minimum absolute atomic E-state index is 0.215. The van der Waals surface area contributed by atoms with Gasteiger partial charge >= 0.3 is 0 Å². The van der Waals surface area contributed by atoms with Gasteiger partial charge in [-0.05, 0) is 48.5 Å². The van der Waals surface area contributed by atoms with Crippen LogP contribution in [0.1, 0.15) is 17.0 Å². The van der Waals surface area contributed by atoms with E-state index in [0.29, 0.717) is 32.7 Å². The summed E-state index contributed by atoms with van der Waals surface area (Å²) in [5.41, 5.74) is 1.30. The lowest BCUT2D eigenvalue weighted by atomic mass is 9.86. The van der Waals surface area contributed by atoms with Crippen molar-refractivity contribution in [3.63, 3.8) is 0 Å². The molecule has 1 aliphatic heterocycles. The third-order valence-corrected chi connectivity index (χ3v) is 6.45. The molecule has 3 heterocycles. The fourth-order valence-corrected chi connectivity index (χ4v) is 4.90. The number of aromatic nitrogens is 3. The van der Waals surface area contributed by atoms with Crippen LogP contribution in [0.3, 0.4) is 0 Å². The van der Waals surface area contributed by atoms with Gasteiger partial charge in [-0.15, -0.1) is 0 Å². The molecule has 6 rings (SSSR count). The van der Waals surface area contributed by atoms with Crippen molar-refractivity contribution < 1.29 is 5.11 Å². The standard InChI is InChI=1S/C23H13BrClN3O2/c24-12-5-8-20-16(9-12)23(30,17-11-26-18-7-6-13(25)10-15(17)18)22-27-19-4-2-1-3-14(19)21(29)28(20)22/h1-11,26,30H. The number of nitrogens with one attached hydrogen (secondary N) is 1. The van der Waals surface area contributed by atoms with Crippen LogP contribution in [0.25, 0.3) is 27.5 Å². The van der Waals surface area contributed by atoms with E-state index in [1.807, 2.05) is 36.4 Å². The summed E-state index contributed by atoms with van der Waals surface area (Å²) in [5, 5.41) is 14.1. The zero-order valence-electron chi connectivity index (χ0n) is 15.4. The first-order chi connectivity index (χ1) is 14.5. The molecule has 7 heteroatoms. The van der Waals surface area contributed by atoms with E-state index < -0.39 is 5.60 Å². The summed E-state index contributed by atoms with van der Waals surface area (Å²) in [6.07, 6.45) is 1.75. The number of benzene rings is 3. The van der Waals surface area contributed by atoms with Gasteiger partial charge < -0.3 is 10.1 Å². The summed E-state index contributed by atoms with van der Waals surface area (Å²) < 4.78 is 2.30. The van der Waals surface area contributed by atoms with E-state index in [9.17, 15) is 9.90 Å². The second-order valence-corrected chi connectivity index (χ2v) is 8.71. The molecule has 0 aliphatic carbocycles. The maximum absolute atomic E-state index is 13.4. The molecule has 0 saturated heterocycles. The fraction of sp³-hybridized carbons (Fsp3) is 0.0435. The highest BCUT2D eigenvalue weighted by molar-refractivity contribution is 9.10. The zero-order valence-corrected chi connectivity index (χ0v) is 17.7. The van der Waals surface area contributed by atoms with Crippen LogP contribution in [-0.4, -0.2) is 19.6 Å². The number of hydrogen-bond acceptors (Lipinski definition) is 3. The summed E-state index contributed by atoms with van der Waals surface area (Å²) in [6, 6.07) is 18.1. The fourth-order valence-electron chi connectivity index (χ4n) is 4.37. The lowest BCUT2D eigenvalue weighted by Gasteiger charge is -2.23. The van der Waals surface area contributed by atoms with Gasteiger partial charge in [-0.3, -0.25) is 9.36 Å². The number of nitrogens with zero attached hydrogens (tertiary/aromatic N) is 2. The summed E-state index contributed by atoms with van der Waals surface area (Å²) in [4.78, 5) is 21.4. The van der Waals surface area contributed by atoms with Gasteiger partial charge in [0.05, 0.1) is 16.6 Å². The lowest BCUT2D eigenvalue weighted by Crippen LogP contribution is -2.31. The molecule has 5 aromatic rings. The van der Waals surface area contributed by atoms with Crippen LogP contribution in [0.15, 0.2) is 76.1 Å². The third-order valence-electron chi connectivity index (χ3n) is 5.72. The number of aromatic amines is 1. The second kappa shape index (κ2) is 6.04. The van der Waals surface area contributed by atoms with Crippen LogP contribution in [0, 0.1) is 0 Å². The molecule has 1 unspecified atom stereocenters. The SMILES string of the molecule is O=c1c2ccccc2nc2n1-c1ccc(Br)cc1C2(O)c1c[nH]c2ccc(Cl)cc12. The minimum Gasteiger partial charge on any atom is -0.373 e. The van der Waals surface area contributed by atoms with E-state index in [4.69, 9.17) is 16.6 Å². The molecule has 3 aromatic carbocycles. The maximum Gasteiger partial charge on any atom is 0.266 e. The van der Waals surface area contributed by atoms with Gasteiger partial charge in [0, 0.05) is 37.7 Å². The van der Waals surface area contributed by atoms with E-state index in [2.05, 4.69) is 20.9 Å². The first-order valence-corrected chi connectivity index (χ1v) is 10.5. The van der Waals surface area contributed by atoms with Crippen molar-refractivity contribution in [3.8, 4) is 5.69 Å². The molecular formula is C23H13BrClN3O2. The first kappa shape index (κ1) is 17.9. The Balaban J connectivity index is 1.81. The van der Waals surface area contributed by atoms with Crippen LogP contribution in [0.5, 0.6) is 0 Å². The number of H-pyrrole nitrogens is 1. The molecule has 1 atom stereocenters. The Hall–Kier alpha value is -2.93. The monoisotopic (exact) mass is 477 g/mol. The van der Waals surface area contributed by atoms with Gasteiger partial charge in [-0.1, -0.05) is 39.7 Å². The molecule has 0 amide bonds. The Morgan fingerprint density at radius 1 is 1.03 bits per heavy atom.